The van der Waals surface area contributed by atoms with Crippen LogP contribution in [0.25, 0.3) is 0 Å². The fraction of sp³-hybridized carbons (Fsp3) is 0.600. The van der Waals surface area contributed by atoms with Gasteiger partial charge < -0.3 is 14.5 Å². The Bertz CT molecular complexity index is 586. The number of hydrogen-bond donors (Lipinski definition) is 0. The molecule has 1 aromatic rings. The van der Waals surface area contributed by atoms with Gasteiger partial charge in [0.25, 0.3) is 0 Å². The second-order valence-electron chi connectivity index (χ2n) is 7.12. The molecule has 1 aromatic carbocycles. The molecule has 1 saturated heterocycles. The Kier molecular flexibility index (Phi) is 5.95. The Morgan fingerprint density at radius 2 is 1.72 bits per heavy atom. The molecule has 0 radical (unpaired) electrons. The lowest BCUT2D eigenvalue weighted by Gasteiger charge is -2.42. The first kappa shape index (κ1) is 17.8. The van der Waals surface area contributed by atoms with Crippen molar-refractivity contribution < 1.29 is 14.3 Å². The molecule has 1 aliphatic heterocycles. The van der Waals surface area contributed by atoms with Crippen molar-refractivity contribution in [3.05, 3.63) is 35.9 Å². The summed E-state index contributed by atoms with van der Waals surface area (Å²) >= 11 is 0. The molecule has 1 unspecified atom stereocenters. The Morgan fingerprint density at radius 1 is 1.04 bits per heavy atom. The van der Waals surface area contributed by atoms with E-state index in [0.29, 0.717) is 25.7 Å². The fourth-order valence-corrected chi connectivity index (χ4v) is 3.83. The van der Waals surface area contributed by atoms with Crippen molar-refractivity contribution >= 4 is 12.0 Å². The van der Waals surface area contributed by atoms with Crippen LogP contribution in [0.2, 0.25) is 0 Å². The molecule has 25 heavy (non-hydrogen) atoms. The fourth-order valence-electron chi connectivity index (χ4n) is 3.83. The smallest absolute Gasteiger partial charge is 0.410 e. The third-order valence-corrected chi connectivity index (χ3v) is 5.39. The molecule has 2 aliphatic rings. The van der Waals surface area contributed by atoms with Gasteiger partial charge in [-0.1, -0.05) is 30.3 Å². The van der Waals surface area contributed by atoms with Gasteiger partial charge in [0.1, 0.15) is 6.61 Å². The van der Waals surface area contributed by atoms with Crippen molar-refractivity contribution in [2.24, 2.45) is 0 Å². The summed E-state index contributed by atoms with van der Waals surface area (Å²) in [6, 6.07) is 10.4. The molecule has 136 valence electrons. The van der Waals surface area contributed by atoms with E-state index in [4.69, 9.17) is 4.74 Å². The normalized spacial score (nSPS) is 21.2. The summed E-state index contributed by atoms with van der Waals surface area (Å²) in [4.78, 5) is 28.3. The average Bonchev–Trinajstić information content (AvgIpc) is 2.82. The third-order valence-electron chi connectivity index (χ3n) is 5.39. The van der Waals surface area contributed by atoms with Gasteiger partial charge in [-0.25, -0.2) is 4.79 Å². The van der Waals surface area contributed by atoms with Crippen LogP contribution in [0.5, 0.6) is 0 Å². The molecule has 0 aromatic heterocycles. The zero-order valence-electron chi connectivity index (χ0n) is 15.0. The first-order valence-corrected chi connectivity index (χ1v) is 9.39. The predicted molar refractivity (Wildman–Crippen MR) is 96.0 cm³/mol. The monoisotopic (exact) mass is 344 g/mol. The molecule has 1 aliphatic carbocycles. The molecule has 1 atom stereocenters. The molecule has 5 nitrogen and oxygen atoms in total. The highest BCUT2D eigenvalue weighted by atomic mass is 16.6. The van der Waals surface area contributed by atoms with Gasteiger partial charge in [0, 0.05) is 32.1 Å². The van der Waals surface area contributed by atoms with E-state index >= 15 is 0 Å². The predicted octanol–water partition coefficient (Wildman–Crippen LogP) is 3.58. The summed E-state index contributed by atoms with van der Waals surface area (Å²) < 4.78 is 5.45. The highest BCUT2D eigenvalue weighted by molar-refractivity contribution is 5.74. The topological polar surface area (TPSA) is 49.9 Å². The number of amides is 2. The Labute approximate surface area is 149 Å². The molecular weight excluding hydrogens is 316 g/mol. The number of carbonyl (C=O) groups excluding carboxylic acids is 2. The molecular formula is C20H28N2O3. The molecule has 2 fully saturated rings. The average molecular weight is 344 g/mol. The van der Waals surface area contributed by atoms with E-state index in [-0.39, 0.29) is 18.0 Å². The van der Waals surface area contributed by atoms with Gasteiger partial charge in [-0.2, -0.15) is 0 Å². The van der Waals surface area contributed by atoms with Crippen LogP contribution in [0.3, 0.4) is 0 Å². The Hall–Kier alpha value is -2.04. The van der Waals surface area contributed by atoms with Crippen molar-refractivity contribution in [3.8, 4) is 0 Å². The largest absolute Gasteiger partial charge is 0.445 e. The SMILES string of the molecule is CC(=O)N(C1CCC1)C1CCCN(C(=O)OCc2ccccc2)CC1. The molecule has 1 saturated carbocycles. The number of carbonyl (C=O) groups is 2. The van der Waals surface area contributed by atoms with Crippen molar-refractivity contribution in [3.63, 3.8) is 0 Å². The summed E-state index contributed by atoms with van der Waals surface area (Å²) in [5.74, 6) is 0.176. The van der Waals surface area contributed by atoms with Gasteiger partial charge in [-0.15, -0.1) is 0 Å². The molecule has 3 rings (SSSR count). The Balaban J connectivity index is 1.52. The maximum atomic E-state index is 12.4. The van der Waals surface area contributed by atoms with Crippen molar-refractivity contribution in [1.29, 1.82) is 0 Å². The highest BCUT2D eigenvalue weighted by Crippen LogP contribution is 2.30. The quantitative estimate of drug-likeness (QED) is 0.839. The zero-order chi connectivity index (χ0) is 17.6. The number of hydrogen-bond acceptors (Lipinski definition) is 3. The molecule has 0 spiro atoms. The van der Waals surface area contributed by atoms with E-state index < -0.39 is 0 Å². The molecule has 0 bridgehead atoms. The van der Waals surface area contributed by atoms with Crippen molar-refractivity contribution in [2.75, 3.05) is 13.1 Å². The number of benzene rings is 1. The minimum Gasteiger partial charge on any atom is -0.445 e. The maximum absolute atomic E-state index is 12.4. The van der Waals surface area contributed by atoms with E-state index in [2.05, 4.69) is 4.90 Å². The van der Waals surface area contributed by atoms with E-state index in [9.17, 15) is 9.59 Å². The summed E-state index contributed by atoms with van der Waals surface area (Å²) in [6.45, 7) is 3.35. The zero-order valence-corrected chi connectivity index (χ0v) is 15.0. The van der Waals surface area contributed by atoms with Gasteiger partial charge >= 0.3 is 6.09 Å². The number of likely N-dealkylation sites (tertiary alicyclic amines) is 1. The van der Waals surface area contributed by atoms with Crippen LogP contribution in [-0.2, 0) is 16.1 Å². The minimum atomic E-state index is -0.248. The summed E-state index contributed by atoms with van der Waals surface area (Å²) in [6.07, 6.45) is 5.95. The van der Waals surface area contributed by atoms with Gasteiger partial charge in [-0.05, 0) is 44.1 Å². The summed E-state index contributed by atoms with van der Waals surface area (Å²) in [7, 11) is 0. The van der Waals surface area contributed by atoms with E-state index in [1.54, 1.807) is 11.8 Å². The van der Waals surface area contributed by atoms with Crippen molar-refractivity contribution in [2.45, 2.75) is 64.1 Å². The lowest BCUT2D eigenvalue weighted by atomic mass is 9.89. The van der Waals surface area contributed by atoms with Gasteiger partial charge in [-0.3, -0.25) is 4.79 Å². The first-order valence-electron chi connectivity index (χ1n) is 9.39. The van der Waals surface area contributed by atoms with Crippen LogP contribution in [0.4, 0.5) is 4.79 Å². The molecule has 0 N–H and O–H groups in total. The van der Waals surface area contributed by atoms with Gasteiger partial charge in [0.05, 0.1) is 0 Å². The van der Waals surface area contributed by atoms with Crippen molar-refractivity contribution in [1.82, 2.24) is 9.80 Å². The van der Waals surface area contributed by atoms with Crippen LogP contribution in [0, 0.1) is 0 Å². The number of ether oxygens (including phenoxy) is 1. The van der Waals surface area contributed by atoms with E-state index in [0.717, 1.165) is 37.7 Å². The van der Waals surface area contributed by atoms with Crippen LogP contribution >= 0.6 is 0 Å². The van der Waals surface area contributed by atoms with E-state index in [1.807, 2.05) is 30.3 Å². The first-order chi connectivity index (χ1) is 12.1. The summed E-state index contributed by atoms with van der Waals surface area (Å²) in [5, 5.41) is 0. The van der Waals surface area contributed by atoms with E-state index in [1.165, 1.54) is 6.42 Å². The molecule has 2 amide bonds. The Morgan fingerprint density at radius 3 is 2.36 bits per heavy atom. The second kappa shape index (κ2) is 8.37. The summed E-state index contributed by atoms with van der Waals surface area (Å²) in [5.41, 5.74) is 0.997. The number of rotatable bonds is 4. The van der Waals surface area contributed by atoms with Crippen LogP contribution in [0.1, 0.15) is 51.0 Å². The number of nitrogens with zero attached hydrogens (tertiary/aromatic N) is 2. The standard InChI is InChI=1S/C20H28N2O3/c1-16(23)22(18-9-5-10-18)19-11-6-13-21(14-12-19)20(24)25-15-17-7-3-2-4-8-17/h2-4,7-8,18-19H,5-6,9-15H2,1H3. The van der Waals surface area contributed by atoms with Crippen LogP contribution in [-0.4, -0.2) is 47.0 Å². The van der Waals surface area contributed by atoms with Crippen LogP contribution in [0.15, 0.2) is 30.3 Å². The lowest BCUT2D eigenvalue weighted by molar-refractivity contribution is -0.136. The third kappa shape index (κ3) is 4.53. The minimum absolute atomic E-state index is 0.176. The van der Waals surface area contributed by atoms with Crippen LogP contribution < -0.4 is 0 Å². The van der Waals surface area contributed by atoms with Gasteiger partial charge in [0.2, 0.25) is 5.91 Å². The second-order valence-corrected chi connectivity index (χ2v) is 7.12. The highest BCUT2D eigenvalue weighted by Gasteiger charge is 2.34. The molecule has 5 heteroatoms. The maximum Gasteiger partial charge on any atom is 0.410 e. The van der Waals surface area contributed by atoms with Gasteiger partial charge in [0.15, 0.2) is 0 Å². The lowest BCUT2D eigenvalue weighted by Crippen LogP contribution is -2.49. The molecule has 1 heterocycles.